The second-order valence-electron chi connectivity index (χ2n) is 2.93. The fraction of sp³-hybridized carbons (Fsp3) is 0.455. The Morgan fingerprint density at radius 3 is 2.13 bits per heavy atom. The molecule has 0 radical (unpaired) electrons. The van der Waals surface area contributed by atoms with Crippen molar-refractivity contribution < 1.29 is 14.2 Å². The Labute approximate surface area is 94.9 Å². The molecule has 0 aliphatic carbocycles. The highest BCUT2D eigenvalue weighted by molar-refractivity contribution is 6.18. The molecule has 3 nitrogen and oxygen atoms in total. The summed E-state index contributed by atoms with van der Waals surface area (Å²) >= 11 is 5.71. The number of benzene rings is 1. The molecule has 0 heterocycles. The molecular formula is C11H15ClO3. The molecule has 84 valence electrons. The third kappa shape index (κ3) is 2.48. The van der Waals surface area contributed by atoms with Crippen molar-refractivity contribution in [3.63, 3.8) is 0 Å². The summed E-state index contributed by atoms with van der Waals surface area (Å²) in [6.45, 7) is 0. The third-order valence-corrected chi connectivity index (χ3v) is 2.34. The third-order valence-electron chi connectivity index (χ3n) is 2.15. The second kappa shape index (κ2) is 5.71. The number of alkyl halides is 1. The molecule has 4 heteroatoms. The summed E-state index contributed by atoms with van der Waals surface area (Å²) in [6.07, 6.45) is 0.741. The zero-order chi connectivity index (χ0) is 11.3. The summed E-state index contributed by atoms with van der Waals surface area (Å²) in [4.78, 5) is 0. The molecule has 0 saturated carbocycles. The molecule has 0 fully saturated rings. The average Bonchev–Trinajstić information content (AvgIpc) is 2.28. The maximum Gasteiger partial charge on any atom is 0.203 e. The van der Waals surface area contributed by atoms with E-state index >= 15 is 0 Å². The summed E-state index contributed by atoms with van der Waals surface area (Å²) < 4.78 is 15.7. The van der Waals surface area contributed by atoms with Crippen molar-refractivity contribution in [2.24, 2.45) is 0 Å². The van der Waals surface area contributed by atoms with E-state index in [0.717, 1.165) is 12.0 Å². The first kappa shape index (κ1) is 12.0. The summed E-state index contributed by atoms with van der Waals surface area (Å²) in [5.41, 5.74) is 1.02. The lowest BCUT2D eigenvalue weighted by atomic mass is 10.1. The van der Waals surface area contributed by atoms with Crippen LogP contribution in [0.5, 0.6) is 17.2 Å². The minimum atomic E-state index is 0.547. The van der Waals surface area contributed by atoms with Crippen LogP contribution in [0, 0.1) is 0 Å². The van der Waals surface area contributed by atoms with Crippen LogP contribution in [0.25, 0.3) is 0 Å². The Hall–Kier alpha value is -1.09. The standard InChI is InChI=1S/C11H15ClO3/c1-13-9-5-4-8(6-7-12)10(14-2)11(9)15-3/h4-5H,6-7H2,1-3H3. The zero-order valence-electron chi connectivity index (χ0n) is 9.17. The maximum atomic E-state index is 5.71. The molecule has 0 aromatic heterocycles. The molecule has 0 aliphatic rings. The number of methoxy groups -OCH3 is 3. The molecule has 15 heavy (non-hydrogen) atoms. The lowest BCUT2D eigenvalue weighted by molar-refractivity contribution is 0.322. The Morgan fingerprint density at radius 2 is 1.67 bits per heavy atom. The number of rotatable bonds is 5. The largest absolute Gasteiger partial charge is 0.493 e. The molecule has 1 aromatic rings. The van der Waals surface area contributed by atoms with Crippen LogP contribution in [0.4, 0.5) is 0 Å². The quantitative estimate of drug-likeness (QED) is 0.728. The highest BCUT2D eigenvalue weighted by Gasteiger charge is 2.14. The zero-order valence-corrected chi connectivity index (χ0v) is 9.93. The molecule has 1 rings (SSSR count). The number of hydrogen-bond donors (Lipinski definition) is 0. The van der Waals surface area contributed by atoms with E-state index in [-0.39, 0.29) is 0 Å². The molecule has 0 spiro atoms. The van der Waals surface area contributed by atoms with E-state index in [1.54, 1.807) is 21.3 Å². The van der Waals surface area contributed by atoms with Gasteiger partial charge in [-0.25, -0.2) is 0 Å². The van der Waals surface area contributed by atoms with Crippen molar-refractivity contribution in [2.75, 3.05) is 27.2 Å². The fourth-order valence-corrected chi connectivity index (χ4v) is 1.67. The number of halogens is 1. The van der Waals surface area contributed by atoms with E-state index in [1.165, 1.54) is 0 Å². The van der Waals surface area contributed by atoms with Gasteiger partial charge in [0, 0.05) is 5.88 Å². The topological polar surface area (TPSA) is 27.7 Å². The van der Waals surface area contributed by atoms with Crippen molar-refractivity contribution in [2.45, 2.75) is 6.42 Å². The van der Waals surface area contributed by atoms with E-state index in [2.05, 4.69) is 0 Å². The van der Waals surface area contributed by atoms with Crippen molar-refractivity contribution in [1.29, 1.82) is 0 Å². The van der Waals surface area contributed by atoms with Gasteiger partial charge in [-0.15, -0.1) is 11.6 Å². The smallest absolute Gasteiger partial charge is 0.203 e. The van der Waals surface area contributed by atoms with E-state index in [0.29, 0.717) is 23.1 Å². The normalized spacial score (nSPS) is 9.87. The Bertz CT molecular complexity index is 326. The summed E-state index contributed by atoms with van der Waals surface area (Å²) in [5.74, 6) is 2.51. The molecular weight excluding hydrogens is 216 g/mol. The Morgan fingerprint density at radius 1 is 1.00 bits per heavy atom. The molecule has 0 saturated heterocycles. The summed E-state index contributed by atoms with van der Waals surface area (Å²) in [7, 11) is 4.79. The van der Waals surface area contributed by atoms with Gasteiger partial charge in [-0.2, -0.15) is 0 Å². The maximum absolute atomic E-state index is 5.71. The summed E-state index contributed by atoms with van der Waals surface area (Å²) in [5, 5.41) is 0. The molecule has 1 aromatic carbocycles. The van der Waals surface area contributed by atoms with Gasteiger partial charge >= 0.3 is 0 Å². The Balaban J connectivity index is 3.21. The van der Waals surface area contributed by atoms with E-state index in [4.69, 9.17) is 25.8 Å². The highest BCUT2D eigenvalue weighted by Crippen LogP contribution is 2.39. The van der Waals surface area contributed by atoms with Crippen LogP contribution in [0.15, 0.2) is 12.1 Å². The van der Waals surface area contributed by atoms with Gasteiger partial charge in [-0.3, -0.25) is 0 Å². The van der Waals surface area contributed by atoms with Gasteiger partial charge in [0.15, 0.2) is 11.5 Å². The summed E-state index contributed by atoms with van der Waals surface area (Å²) in [6, 6.07) is 3.78. The number of hydrogen-bond acceptors (Lipinski definition) is 3. The second-order valence-corrected chi connectivity index (χ2v) is 3.31. The number of ether oxygens (including phenoxy) is 3. The molecule has 0 unspecified atom stereocenters. The van der Waals surface area contributed by atoms with Crippen LogP contribution in [-0.4, -0.2) is 27.2 Å². The van der Waals surface area contributed by atoms with E-state index in [1.807, 2.05) is 12.1 Å². The monoisotopic (exact) mass is 230 g/mol. The SMILES string of the molecule is COc1ccc(CCCl)c(OC)c1OC. The molecule has 0 bridgehead atoms. The van der Waals surface area contributed by atoms with E-state index in [9.17, 15) is 0 Å². The molecule has 0 aliphatic heterocycles. The lowest BCUT2D eigenvalue weighted by Gasteiger charge is -2.14. The van der Waals surface area contributed by atoms with Crippen LogP contribution in [-0.2, 0) is 6.42 Å². The predicted molar refractivity (Wildman–Crippen MR) is 60.5 cm³/mol. The minimum absolute atomic E-state index is 0.547. The van der Waals surface area contributed by atoms with Gasteiger partial charge in [0.1, 0.15) is 0 Å². The van der Waals surface area contributed by atoms with Gasteiger partial charge in [0.2, 0.25) is 5.75 Å². The molecule has 0 atom stereocenters. The minimum Gasteiger partial charge on any atom is -0.493 e. The van der Waals surface area contributed by atoms with Gasteiger partial charge in [0.25, 0.3) is 0 Å². The first-order valence-electron chi connectivity index (χ1n) is 4.62. The Kier molecular flexibility index (Phi) is 4.56. The fourth-order valence-electron chi connectivity index (χ4n) is 1.46. The van der Waals surface area contributed by atoms with Gasteiger partial charge in [0.05, 0.1) is 21.3 Å². The average molecular weight is 231 g/mol. The van der Waals surface area contributed by atoms with Crippen molar-refractivity contribution in [3.05, 3.63) is 17.7 Å². The van der Waals surface area contributed by atoms with Crippen molar-refractivity contribution in [3.8, 4) is 17.2 Å². The lowest BCUT2D eigenvalue weighted by Crippen LogP contribution is -1.99. The van der Waals surface area contributed by atoms with Crippen LogP contribution in [0.2, 0.25) is 0 Å². The van der Waals surface area contributed by atoms with Gasteiger partial charge in [-0.1, -0.05) is 6.07 Å². The molecule has 0 N–H and O–H groups in total. The van der Waals surface area contributed by atoms with Crippen LogP contribution in [0.1, 0.15) is 5.56 Å². The molecule has 0 amide bonds. The van der Waals surface area contributed by atoms with Crippen molar-refractivity contribution >= 4 is 11.6 Å². The van der Waals surface area contributed by atoms with Gasteiger partial charge in [-0.05, 0) is 18.1 Å². The van der Waals surface area contributed by atoms with E-state index < -0.39 is 0 Å². The predicted octanol–water partition coefficient (Wildman–Crippen LogP) is 2.49. The van der Waals surface area contributed by atoms with Crippen molar-refractivity contribution in [1.82, 2.24) is 0 Å². The first-order chi connectivity index (χ1) is 7.28. The van der Waals surface area contributed by atoms with Crippen LogP contribution in [0.3, 0.4) is 0 Å². The van der Waals surface area contributed by atoms with Crippen LogP contribution < -0.4 is 14.2 Å². The highest BCUT2D eigenvalue weighted by atomic mass is 35.5. The number of aryl methyl sites for hydroxylation is 1. The van der Waals surface area contributed by atoms with Crippen LogP contribution >= 0.6 is 11.6 Å². The van der Waals surface area contributed by atoms with Gasteiger partial charge < -0.3 is 14.2 Å². The first-order valence-corrected chi connectivity index (χ1v) is 5.15.